The van der Waals surface area contributed by atoms with Crippen LogP contribution in [0.15, 0.2) is 77.3 Å². The molecule has 14 heteroatoms. The highest BCUT2D eigenvalue weighted by Gasteiger charge is 2.35. The van der Waals surface area contributed by atoms with E-state index in [1.165, 1.54) is 24.3 Å². The Labute approximate surface area is 241 Å². The van der Waals surface area contributed by atoms with Crippen molar-refractivity contribution >= 4 is 21.8 Å². The van der Waals surface area contributed by atoms with Gasteiger partial charge in [0.2, 0.25) is 0 Å². The predicted molar refractivity (Wildman–Crippen MR) is 145 cm³/mol. The number of amides is 1. The molecule has 4 heterocycles. The van der Waals surface area contributed by atoms with Gasteiger partial charge in [0.15, 0.2) is 11.6 Å². The predicted octanol–water partition coefficient (Wildman–Crippen LogP) is 3.32. The highest BCUT2D eigenvalue weighted by Crippen LogP contribution is 2.32. The third-order valence-corrected chi connectivity index (χ3v) is 7.33. The number of rotatable bonds is 3. The Kier molecular flexibility index (Phi) is 7.57. The second kappa shape index (κ2) is 11.6. The number of nitrogens with zero attached hydrogens (tertiary/aromatic N) is 9. The molecule has 3 aromatic carbocycles. The van der Waals surface area contributed by atoms with Gasteiger partial charge in [-0.3, -0.25) is 4.79 Å². The lowest BCUT2D eigenvalue weighted by Gasteiger charge is -2.35. The van der Waals surface area contributed by atoms with Crippen molar-refractivity contribution in [3.63, 3.8) is 0 Å². The molecule has 0 aliphatic carbocycles. The molecule has 208 valence electrons. The lowest BCUT2D eigenvalue weighted by Crippen LogP contribution is -2.43. The number of carbonyl (C=O) groups excluding carboxylic acids is 1. The van der Waals surface area contributed by atoms with Crippen LogP contribution in [0.4, 0.5) is 8.78 Å². The van der Waals surface area contributed by atoms with E-state index in [2.05, 4.69) is 52.3 Å². The van der Waals surface area contributed by atoms with Crippen LogP contribution in [-0.2, 0) is 13.1 Å². The molecule has 11 nitrogen and oxygen atoms in total. The maximum absolute atomic E-state index is 13.8. The number of aromatic nitrogens is 8. The van der Waals surface area contributed by atoms with Gasteiger partial charge in [0, 0.05) is 23.1 Å². The summed E-state index contributed by atoms with van der Waals surface area (Å²) in [7, 11) is 0. The molecule has 2 atom stereocenters. The van der Waals surface area contributed by atoms with Crippen molar-refractivity contribution in [2.24, 2.45) is 0 Å². The van der Waals surface area contributed by atoms with Crippen molar-refractivity contribution in [3.8, 4) is 0 Å². The van der Waals surface area contributed by atoms with Crippen molar-refractivity contribution in [2.45, 2.75) is 25.2 Å². The Morgan fingerprint density at radius 3 is 2.20 bits per heavy atom. The molecule has 0 spiro atoms. The molecule has 7 rings (SSSR count). The molecule has 2 unspecified atom stereocenters. The third kappa shape index (κ3) is 5.60. The van der Waals surface area contributed by atoms with Gasteiger partial charge in [-0.15, -0.1) is 10.2 Å². The molecule has 0 saturated carbocycles. The second-order valence-electron chi connectivity index (χ2n) is 9.43. The Morgan fingerprint density at radius 1 is 0.805 bits per heavy atom. The maximum atomic E-state index is 13.8. The number of hydrogen-bond donors (Lipinski definition) is 1. The first-order valence-corrected chi connectivity index (χ1v) is 13.6. The fourth-order valence-electron chi connectivity index (χ4n) is 4.99. The summed E-state index contributed by atoms with van der Waals surface area (Å²) in [6.07, 6.45) is 0. The average Bonchev–Trinajstić information content (AvgIpc) is 3.66. The van der Waals surface area contributed by atoms with Crippen LogP contribution in [0, 0.1) is 11.6 Å². The number of benzene rings is 3. The molecular formula is C27H23BrF2N10O. The zero-order chi connectivity index (χ0) is 28.3. The van der Waals surface area contributed by atoms with Crippen LogP contribution in [0.1, 0.15) is 45.2 Å². The van der Waals surface area contributed by atoms with Crippen molar-refractivity contribution in [1.82, 2.24) is 50.6 Å². The molecule has 2 aromatic heterocycles. The van der Waals surface area contributed by atoms with Crippen LogP contribution < -0.4 is 5.32 Å². The fraction of sp³-hybridized carbons (Fsp3) is 0.222. The number of tetrazole rings is 2. The van der Waals surface area contributed by atoms with Gasteiger partial charge in [-0.2, -0.15) is 0 Å². The topological polar surface area (TPSA) is 120 Å². The molecule has 2 aliphatic heterocycles. The van der Waals surface area contributed by atoms with Gasteiger partial charge in [0.25, 0.3) is 5.91 Å². The van der Waals surface area contributed by atoms with Crippen LogP contribution in [0.3, 0.4) is 0 Å². The van der Waals surface area contributed by atoms with Gasteiger partial charge in [-0.25, -0.2) is 18.1 Å². The van der Waals surface area contributed by atoms with Crippen LogP contribution in [0.25, 0.3) is 0 Å². The third-order valence-electron chi connectivity index (χ3n) is 6.84. The summed E-state index contributed by atoms with van der Waals surface area (Å²) in [4.78, 5) is 14.8. The molecule has 1 amide bonds. The van der Waals surface area contributed by atoms with Crippen LogP contribution >= 0.6 is 15.9 Å². The highest BCUT2D eigenvalue weighted by atomic mass is 79.9. The minimum atomic E-state index is -0.536. The van der Waals surface area contributed by atoms with E-state index in [0.717, 1.165) is 29.0 Å². The molecule has 5 aromatic rings. The standard InChI is InChI=1S/C17H13BrFN5O.C10H10FN5/c18-13-5-1-4-12(9-13)17(25)23-7-8-24-16(20-21-22-24)15(23)11-3-2-6-14(19)10-11;11-8-3-1-2-7(6-8)9-10-13-14-15-16(10)5-4-12-9/h1-6,9-10,15H,7-8H2;1-3,6,9,12H,4-5H2. The Bertz CT molecular complexity index is 1690. The first-order valence-electron chi connectivity index (χ1n) is 12.8. The molecular weight excluding hydrogens is 598 g/mol. The van der Waals surface area contributed by atoms with Crippen molar-refractivity contribution < 1.29 is 13.6 Å². The van der Waals surface area contributed by atoms with Crippen LogP contribution in [-0.4, -0.2) is 64.3 Å². The van der Waals surface area contributed by atoms with Gasteiger partial charge in [0.1, 0.15) is 17.7 Å². The quantitative estimate of drug-likeness (QED) is 0.326. The number of fused-ring (bicyclic) bond motifs is 2. The number of nitrogens with one attached hydrogen (secondary N) is 1. The SMILES string of the molecule is Fc1cccc(C2NCCn3nnnc32)c1.O=C(c1cccc(Br)c1)N1CCn2nnnc2C1c1cccc(F)c1. The van der Waals surface area contributed by atoms with E-state index < -0.39 is 6.04 Å². The van der Waals surface area contributed by atoms with Gasteiger partial charge in [-0.05, 0) is 74.4 Å². The van der Waals surface area contributed by atoms with E-state index in [1.54, 1.807) is 44.6 Å². The molecule has 0 fully saturated rings. The van der Waals surface area contributed by atoms with E-state index >= 15 is 0 Å². The first kappa shape index (κ1) is 26.8. The lowest BCUT2D eigenvalue weighted by atomic mass is 10.0. The molecule has 0 radical (unpaired) electrons. The normalized spacial score (nSPS) is 17.7. The number of halogens is 3. The fourth-order valence-corrected chi connectivity index (χ4v) is 5.39. The van der Waals surface area contributed by atoms with Gasteiger partial charge < -0.3 is 10.2 Å². The first-order chi connectivity index (χ1) is 20.0. The summed E-state index contributed by atoms with van der Waals surface area (Å²) in [5.41, 5.74) is 2.03. The monoisotopic (exact) mass is 620 g/mol. The highest BCUT2D eigenvalue weighted by molar-refractivity contribution is 9.10. The van der Waals surface area contributed by atoms with Crippen LogP contribution in [0.2, 0.25) is 0 Å². The van der Waals surface area contributed by atoms with Crippen molar-refractivity contribution in [3.05, 3.63) is 117 Å². The summed E-state index contributed by atoms with van der Waals surface area (Å²) in [6.45, 7) is 2.45. The van der Waals surface area contributed by atoms with E-state index in [4.69, 9.17) is 0 Å². The largest absolute Gasteiger partial charge is 0.322 e. The number of carbonyl (C=O) groups is 1. The van der Waals surface area contributed by atoms with E-state index in [1.807, 2.05) is 18.2 Å². The minimum Gasteiger partial charge on any atom is -0.322 e. The van der Waals surface area contributed by atoms with Crippen molar-refractivity contribution in [1.29, 1.82) is 0 Å². The Balaban J connectivity index is 0.000000162. The van der Waals surface area contributed by atoms with E-state index in [-0.39, 0.29) is 23.6 Å². The maximum Gasteiger partial charge on any atom is 0.254 e. The molecule has 0 saturated heterocycles. The Hall–Kier alpha value is -4.43. The molecule has 0 bridgehead atoms. The zero-order valence-electron chi connectivity index (χ0n) is 21.5. The molecule has 2 aliphatic rings. The van der Waals surface area contributed by atoms with Gasteiger partial charge in [0.05, 0.1) is 19.1 Å². The van der Waals surface area contributed by atoms with Crippen molar-refractivity contribution in [2.75, 3.05) is 13.1 Å². The van der Waals surface area contributed by atoms with E-state index in [0.29, 0.717) is 30.0 Å². The van der Waals surface area contributed by atoms with Crippen LogP contribution in [0.5, 0.6) is 0 Å². The van der Waals surface area contributed by atoms with Gasteiger partial charge in [-0.1, -0.05) is 46.3 Å². The molecule has 1 N–H and O–H groups in total. The summed E-state index contributed by atoms with van der Waals surface area (Å²) in [6, 6.07) is 19.2. The summed E-state index contributed by atoms with van der Waals surface area (Å²) in [5, 5.41) is 26.5. The average molecular weight is 621 g/mol. The summed E-state index contributed by atoms with van der Waals surface area (Å²) >= 11 is 3.39. The molecule has 41 heavy (non-hydrogen) atoms. The number of hydrogen-bond acceptors (Lipinski definition) is 8. The van der Waals surface area contributed by atoms with Gasteiger partial charge >= 0.3 is 0 Å². The Morgan fingerprint density at radius 2 is 1.46 bits per heavy atom. The summed E-state index contributed by atoms with van der Waals surface area (Å²) in [5.74, 6) is 0.503. The van der Waals surface area contributed by atoms with E-state index in [9.17, 15) is 13.6 Å². The minimum absolute atomic E-state index is 0.126. The lowest BCUT2D eigenvalue weighted by molar-refractivity contribution is 0.0651. The summed E-state index contributed by atoms with van der Waals surface area (Å²) < 4.78 is 31.1. The second-order valence-corrected chi connectivity index (χ2v) is 10.3. The smallest absolute Gasteiger partial charge is 0.254 e. The zero-order valence-corrected chi connectivity index (χ0v) is 23.1.